The Morgan fingerprint density at radius 2 is 1.71 bits per heavy atom. The Hall–Kier alpha value is -2.24. The molecule has 0 aromatic heterocycles. The summed E-state index contributed by atoms with van der Waals surface area (Å²) in [5.41, 5.74) is 1.64. The van der Waals surface area contributed by atoms with Crippen LogP contribution in [0.1, 0.15) is 25.0 Å². The Balaban J connectivity index is 2.23. The first-order valence-electron chi connectivity index (χ1n) is 8.99. The normalized spacial score (nSPS) is 11.6. The number of nitrogens with zero attached hydrogens (tertiary/aromatic N) is 1. The maximum absolute atomic E-state index is 13.0. The molecule has 0 unspecified atom stereocenters. The van der Waals surface area contributed by atoms with Crippen molar-refractivity contribution in [2.75, 3.05) is 13.7 Å². The van der Waals surface area contributed by atoms with Crippen LogP contribution in [-0.2, 0) is 22.6 Å². The third-order valence-electron chi connectivity index (χ3n) is 4.37. The van der Waals surface area contributed by atoms with Crippen molar-refractivity contribution in [1.29, 1.82) is 0 Å². The largest absolute Gasteiger partial charge is 0.497 e. The van der Waals surface area contributed by atoms with Gasteiger partial charge in [0.25, 0.3) is 0 Å². The van der Waals surface area contributed by atoms with Crippen LogP contribution in [-0.4, -0.2) is 36.4 Å². The van der Waals surface area contributed by atoms with Crippen LogP contribution < -0.4 is 10.1 Å². The number of amides is 2. The summed E-state index contributed by atoms with van der Waals surface area (Å²) in [4.78, 5) is 27.0. The van der Waals surface area contributed by atoms with Crippen molar-refractivity contribution >= 4 is 35.0 Å². The Kier molecular flexibility index (Phi) is 8.15. The van der Waals surface area contributed by atoms with Gasteiger partial charge in [0.05, 0.1) is 23.6 Å². The minimum atomic E-state index is -0.614. The molecular formula is C21H24Cl2N2O3. The first-order chi connectivity index (χ1) is 13.3. The number of methoxy groups -OCH3 is 1. The highest BCUT2D eigenvalue weighted by molar-refractivity contribution is 6.42. The molecule has 2 rings (SSSR count). The average Bonchev–Trinajstić information content (AvgIpc) is 2.69. The van der Waals surface area contributed by atoms with Gasteiger partial charge in [0.2, 0.25) is 11.8 Å². The second kappa shape index (κ2) is 10.3. The van der Waals surface area contributed by atoms with Crippen LogP contribution >= 0.6 is 23.2 Å². The molecule has 150 valence electrons. The van der Waals surface area contributed by atoms with Gasteiger partial charge in [-0.15, -0.1) is 0 Å². The highest BCUT2D eigenvalue weighted by Gasteiger charge is 2.26. The lowest BCUT2D eigenvalue weighted by molar-refractivity contribution is -0.140. The molecule has 0 saturated carbocycles. The molecule has 0 aliphatic heterocycles. The zero-order valence-electron chi connectivity index (χ0n) is 16.2. The molecule has 0 fully saturated rings. The molecule has 0 spiro atoms. The summed E-state index contributed by atoms with van der Waals surface area (Å²) in [5.74, 6) is 0.362. The first-order valence-corrected chi connectivity index (χ1v) is 9.75. The fraction of sp³-hybridized carbons (Fsp3) is 0.333. The van der Waals surface area contributed by atoms with Gasteiger partial charge in [-0.25, -0.2) is 0 Å². The highest BCUT2D eigenvalue weighted by Crippen LogP contribution is 2.23. The number of likely N-dealkylation sites (N-methyl/N-ethyl adjacent to an activating group) is 1. The fourth-order valence-corrected chi connectivity index (χ4v) is 3.08. The molecule has 0 saturated heterocycles. The summed E-state index contributed by atoms with van der Waals surface area (Å²) in [6, 6.07) is 11.9. The number of nitrogens with one attached hydrogen (secondary N) is 1. The zero-order valence-corrected chi connectivity index (χ0v) is 17.7. The van der Waals surface area contributed by atoms with Gasteiger partial charge >= 0.3 is 0 Å². The van der Waals surface area contributed by atoms with Gasteiger partial charge < -0.3 is 15.0 Å². The van der Waals surface area contributed by atoms with Crippen LogP contribution in [0.3, 0.4) is 0 Å². The van der Waals surface area contributed by atoms with Crippen molar-refractivity contribution in [3.63, 3.8) is 0 Å². The lowest BCUT2D eigenvalue weighted by Crippen LogP contribution is -2.48. The molecule has 0 bridgehead atoms. The van der Waals surface area contributed by atoms with E-state index in [-0.39, 0.29) is 18.2 Å². The third-order valence-corrected chi connectivity index (χ3v) is 5.11. The standard InChI is InChI=1S/C21H24Cl2N2O3/c1-4-24-21(27)14(2)25(13-15-5-8-17(28-3)9-6-15)20(26)12-16-7-10-18(22)19(23)11-16/h5-11,14H,4,12-13H2,1-3H3,(H,24,27)/t14-/m1/s1. The molecule has 28 heavy (non-hydrogen) atoms. The number of halogens is 2. The maximum atomic E-state index is 13.0. The summed E-state index contributed by atoms with van der Waals surface area (Å²) in [6.45, 7) is 4.38. The van der Waals surface area contributed by atoms with Gasteiger partial charge in [0.15, 0.2) is 0 Å². The molecule has 2 aromatic carbocycles. The van der Waals surface area contributed by atoms with Crippen molar-refractivity contribution in [3.05, 3.63) is 63.6 Å². The lowest BCUT2D eigenvalue weighted by atomic mass is 10.1. The molecule has 7 heteroatoms. The van der Waals surface area contributed by atoms with E-state index in [2.05, 4.69) is 5.32 Å². The van der Waals surface area contributed by atoms with Gasteiger partial charge in [0.1, 0.15) is 11.8 Å². The van der Waals surface area contributed by atoms with Crippen molar-refractivity contribution in [2.24, 2.45) is 0 Å². The molecule has 1 atom stereocenters. The summed E-state index contributed by atoms with van der Waals surface area (Å²) in [6.07, 6.45) is 0.122. The Labute approximate surface area is 175 Å². The number of carbonyl (C=O) groups is 2. The summed E-state index contributed by atoms with van der Waals surface area (Å²) in [7, 11) is 1.60. The quantitative estimate of drug-likeness (QED) is 0.696. The molecule has 0 heterocycles. The average molecular weight is 423 g/mol. The van der Waals surface area contributed by atoms with E-state index in [4.69, 9.17) is 27.9 Å². The highest BCUT2D eigenvalue weighted by atomic mass is 35.5. The van der Waals surface area contributed by atoms with Gasteiger partial charge in [-0.05, 0) is 49.2 Å². The molecule has 5 nitrogen and oxygen atoms in total. The number of carbonyl (C=O) groups excluding carboxylic acids is 2. The van der Waals surface area contributed by atoms with Crippen molar-refractivity contribution in [2.45, 2.75) is 32.9 Å². The van der Waals surface area contributed by atoms with E-state index in [0.717, 1.165) is 16.9 Å². The van der Waals surface area contributed by atoms with Crippen LogP contribution in [0.4, 0.5) is 0 Å². The summed E-state index contributed by atoms with van der Waals surface area (Å²) in [5, 5.41) is 3.60. The molecule has 0 radical (unpaired) electrons. The lowest BCUT2D eigenvalue weighted by Gasteiger charge is -2.29. The smallest absolute Gasteiger partial charge is 0.242 e. The van der Waals surface area contributed by atoms with E-state index in [9.17, 15) is 9.59 Å². The third kappa shape index (κ3) is 5.88. The van der Waals surface area contributed by atoms with E-state index >= 15 is 0 Å². The number of ether oxygens (including phenoxy) is 1. The van der Waals surface area contributed by atoms with Gasteiger partial charge in [-0.2, -0.15) is 0 Å². The molecular weight excluding hydrogens is 399 g/mol. The van der Waals surface area contributed by atoms with Gasteiger partial charge in [-0.3, -0.25) is 9.59 Å². The fourth-order valence-electron chi connectivity index (χ4n) is 2.76. The Bertz CT molecular complexity index is 825. The first kappa shape index (κ1) is 22.1. The molecule has 0 aliphatic carbocycles. The second-order valence-corrected chi connectivity index (χ2v) is 7.18. The number of rotatable bonds is 8. The van der Waals surface area contributed by atoms with Crippen molar-refractivity contribution < 1.29 is 14.3 Å². The molecule has 0 aliphatic rings. The Morgan fingerprint density at radius 1 is 1.07 bits per heavy atom. The minimum Gasteiger partial charge on any atom is -0.497 e. The van der Waals surface area contributed by atoms with E-state index in [1.165, 1.54) is 0 Å². The molecule has 2 amide bonds. The topological polar surface area (TPSA) is 58.6 Å². The predicted molar refractivity (Wildman–Crippen MR) is 112 cm³/mol. The van der Waals surface area contributed by atoms with Crippen LogP contribution in [0.15, 0.2) is 42.5 Å². The van der Waals surface area contributed by atoms with E-state index in [1.807, 2.05) is 31.2 Å². The number of hydrogen-bond donors (Lipinski definition) is 1. The van der Waals surface area contributed by atoms with Gasteiger partial charge in [0, 0.05) is 13.1 Å². The van der Waals surface area contributed by atoms with Crippen LogP contribution in [0.2, 0.25) is 10.0 Å². The van der Waals surface area contributed by atoms with Crippen LogP contribution in [0.25, 0.3) is 0 Å². The maximum Gasteiger partial charge on any atom is 0.242 e. The number of hydrogen-bond acceptors (Lipinski definition) is 3. The molecule has 2 aromatic rings. The predicted octanol–water partition coefficient (Wildman–Crippen LogP) is 4.10. The van der Waals surface area contributed by atoms with Crippen molar-refractivity contribution in [3.8, 4) is 5.75 Å². The van der Waals surface area contributed by atoms with Crippen LogP contribution in [0, 0.1) is 0 Å². The minimum absolute atomic E-state index is 0.122. The number of benzene rings is 2. The second-order valence-electron chi connectivity index (χ2n) is 6.37. The zero-order chi connectivity index (χ0) is 20.7. The van der Waals surface area contributed by atoms with E-state index in [1.54, 1.807) is 37.1 Å². The van der Waals surface area contributed by atoms with Crippen molar-refractivity contribution in [1.82, 2.24) is 10.2 Å². The summed E-state index contributed by atoms with van der Waals surface area (Å²) >= 11 is 12.0. The van der Waals surface area contributed by atoms with Gasteiger partial charge in [-0.1, -0.05) is 41.4 Å². The Morgan fingerprint density at radius 3 is 2.29 bits per heavy atom. The monoisotopic (exact) mass is 422 g/mol. The molecule has 1 N–H and O–H groups in total. The SMILES string of the molecule is CCNC(=O)[C@@H](C)N(Cc1ccc(OC)cc1)C(=O)Cc1ccc(Cl)c(Cl)c1. The van der Waals surface area contributed by atoms with Crippen LogP contribution in [0.5, 0.6) is 5.75 Å². The van der Waals surface area contributed by atoms with E-state index in [0.29, 0.717) is 23.1 Å². The summed E-state index contributed by atoms with van der Waals surface area (Å²) < 4.78 is 5.17. The van der Waals surface area contributed by atoms with E-state index < -0.39 is 6.04 Å².